The van der Waals surface area contributed by atoms with E-state index < -0.39 is 11.9 Å². The first-order chi connectivity index (χ1) is 14.2. The highest BCUT2D eigenvalue weighted by Crippen LogP contribution is 2.22. The van der Waals surface area contributed by atoms with E-state index in [0.717, 1.165) is 16.8 Å². The standard InChI is InChI=1S/C22H17N3O4/c26-21(13-28-22(27)15-6-11-19-20(12-15)24-14-23-19)25-16-7-9-18(10-8-16)29-17-4-2-1-3-5-17/h1-12,14H,13H2,(H,23,24)(H,25,26). The lowest BCUT2D eigenvalue weighted by molar-refractivity contribution is -0.119. The number of amides is 1. The summed E-state index contributed by atoms with van der Waals surface area (Å²) in [5, 5.41) is 2.68. The molecule has 29 heavy (non-hydrogen) atoms. The first kappa shape index (κ1) is 18.2. The highest BCUT2D eigenvalue weighted by molar-refractivity contribution is 5.97. The van der Waals surface area contributed by atoms with Crippen molar-refractivity contribution in [2.24, 2.45) is 0 Å². The summed E-state index contributed by atoms with van der Waals surface area (Å²) in [4.78, 5) is 31.2. The maximum absolute atomic E-state index is 12.1. The van der Waals surface area contributed by atoms with Crippen LogP contribution in [-0.2, 0) is 9.53 Å². The summed E-state index contributed by atoms with van der Waals surface area (Å²) in [5.74, 6) is 0.361. The topological polar surface area (TPSA) is 93.3 Å². The van der Waals surface area contributed by atoms with Crippen molar-refractivity contribution in [1.82, 2.24) is 9.97 Å². The largest absolute Gasteiger partial charge is 0.457 e. The Labute approximate surface area is 166 Å². The molecule has 0 bridgehead atoms. The zero-order valence-electron chi connectivity index (χ0n) is 15.3. The molecule has 0 saturated heterocycles. The number of hydrogen-bond donors (Lipinski definition) is 2. The quantitative estimate of drug-likeness (QED) is 0.485. The number of benzene rings is 3. The Morgan fingerprint density at radius 1 is 0.931 bits per heavy atom. The van der Waals surface area contributed by atoms with Gasteiger partial charge in [0.15, 0.2) is 6.61 Å². The molecule has 0 fully saturated rings. The van der Waals surface area contributed by atoms with Gasteiger partial charge in [-0.25, -0.2) is 9.78 Å². The number of rotatable bonds is 6. The maximum Gasteiger partial charge on any atom is 0.338 e. The third-order valence-corrected chi connectivity index (χ3v) is 4.11. The number of H-pyrrole nitrogens is 1. The molecule has 0 aliphatic rings. The van der Waals surface area contributed by atoms with Crippen molar-refractivity contribution in [3.63, 3.8) is 0 Å². The second-order valence-electron chi connectivity index (χ2n) is 6.20. The van der Waals surface area contributed by atoms with Crippen LogP contribution >= 0.6 is 0 Å². The molecule has 4 rings (SSSR count). The number of nitrogens with zero attached hydrogens (tertiary/aromatic N) is 1. The molecule has 1 amide bonds. The van der Waals surface area contributed by atoms with Gasteiger partial charge in [0.05, 0.1) is 22.9 Å². The molecule has 1 aromatic heterocycles. The van der Waals surface area contributed by atoms with Gasteiger partial charge in [0.1, 0.15) is 11.5 Å². The Morgan fingerprint density at radius 3 is 2.48 bits per heavy atom. The minimum Gasteiger partial charge on any atom is -0.457 e. The van der Waals surface area contributed by atoms with Crippen LogP contribution in [0.4, 0.5) is 5.69 Å². The van der Waals surface area contributed by atoms with E-state index >= 15 is 0 Å². The van der Waals surface area contributed by atoms with Crippen LogP contribution in [-0.4, -0.2) is 28.5 Å². The SMILES string of the molecule is O=C(COC(=O)c1ccc2nc[nH]c2c1)Nc1ccc(Oc2ccccc2)cc1. The van der Waals surface area contributed by atoms with E-state index in [0.29, 0.717) is 17.0 Å². The first-order valence-electron chi connectivity index (χ1n) is 8.90. The van der Waals surface area contributed by atoms with Crippen molar-refractivity contribution in [3.8, 4) is 11.5 Å². The number of carbonyl (C=O) groups is 2. The second-order valence-corrected chi connectivity index (χ2v) is 6.20. The Bertz CT molecular complexity index is 1140. The van der Waals surface area contributed by atoms with Crippen LogP contribution in [0.3, 0.4) is 0 Å². The first-order valence-corrected chi connectivity index (χ1v) is 8.90. The molecule has 2 N–H and O–H groups in total. The predicted octanol–water partition coefficient (Wildman–Crippen LogP) is 4.15. The summed E-state index contributed by atoms with van der Waals surface area (Å²) in [6, 6.07) is 21.3. The van der Waals surface area contributed by atoms with Crippen LogP contribution in [0.5, 0.6) is 11.5 Å². The lowest BCUT2D eigenvalue weighted by Crippen LogP contribution is -2.20. The summed E-state index contributed by atoms with van der Waals surface area (Å²) in [7, 11) is 0. The Kier molecular flexibility index (Phi) is 5.20. The number of para-hydroxylation sites is 1. The number of aromatic nitrogens is 2. The number of aromatic amines is 1. The van der Waals surface area contributed by atoms with Gasteiger partial charge in [0.2, 0.25) is 0 Å². The van der Waals surface area contributed by atoms with E-state index in [9.17, 15) is 9.59 Å². The molecule has 3 aromatic carbocycles. The van der Waals surface area contributed by atoms with E-state index in [2.05, 4.69) is 15.3 Å². The molecule has 144 valence electrons. The van der Waals surface area contributed by atoms with Crippen LogP contribution in [0.25, 0.3) is 11.0 Å². The zero-order valence-corrected chi connectivity index (χ0v) is 15.3. The predicted molar refractivity (Wildman–Crippen MR) is 108 cm³/mol. The van der Waals surface area contributed by atoms with Gasteiger partial charge in [-0.3, -0.25) is 4.79 Å². The average molecular weight is 387 g/mol. The van der Waals surface area contributed by atoms with Crippen molar-refractivity contribution in [2.45, 2.75) is 0 Å². The maximum atomic E-state index is 12.1. The van der Waals surface area contributed by atoms with Crippen LogP contribution < -0.4 is 10.1 Å². The third-order valence-electron chi connectivity index (χ3n) is 4.11. The lowest BCUT2D eigenvalue weighted by Gasteiger charge is -2.09. The van der Waals surface area contributed by atoms with Crippen LogP contribution in [0.1, 0.15) is 10.4 Å². The van der Waals surface area contributed by atoms with Gasteiger partial charge in [-0.15, -0.1) is 0 Å². The molecule has 0 aliphatic carbocycles. The molecule has 1 heterocycles. The monoisotopic (exact) mass is 387 g/mol. The van der Waals surface area contributed by atoms with Crippen molar-refractivity contribution in [1.29, 1.82) is 0 Å². The fraction of sp³-hybridized carbons (Fsp3) is 0.0455. The Hall–Kier alpha value is -4.13. The van der Waals surface area contributed by atoms with Crippen LogP contribution in [0.15, 0.2) is 79.1 Å². The van der Waals surface area contributed by atoms with Crippen LogP contribution in [0.2, 0.25) is 0 Å². The molecule has 7 heteroatoms. The molecular weight excluding hydrogens is 370 g/mol. The smallest absolute Gasteiger partial charge is 0.338 e. The number of esters is 1. The molecule has 0 saturated carbocycles. The van der Waals surface area contributed by atoms with Crippen molar-refractivity contribution >= 4 is 28.6 Å². The van der Waals surface area contributed by atoms with E-state index in [1.165, 1.54) is 0 Å². The molecule has 0 aliphatic heterocycles. The summed E-state index contributed by atoms with van der Waals surface area (Å²) in [6.45, 7) is -0.387. The number of carbonyl (C=O) groups excluding carboxylic acids is 2. The Balaban J connectivity index is 1.29. The fourth-order valence-corrected chi connectivity index (χ4v) is 2.70. The zero-order chi connectivity index (χ0) is 20.1. The summed E-state index contributed by atoms with van der Waals surface area (Å²) >= 11 is 0. The molecular formula is C22H17N3O4. The van der Waals surface area contributed by atoms with Gasteiger partial charge in [0.25, 0.3) is 5.91 Å². The normalized spacial score (nSPS) is 10.5. The second kappa shape index (κ2) is 8.26. The van der Waals surface area contributed by atoms with Gasteiger partial charge >= 0.3 is 5.97 Å². The Morgan fingerprint density at radius 2 is 1.69 bits per heavy atom. The van der Waals surface area contributed by atoms with Gasteiger partial charge in [-0.2, -0.15) is 0 Å². The number of nitrogens with one attached hydrogen (secondary N) is 2. The highest BCUT2D eigenvalue weighted by atomic mass is 16.5. The molecule has 4 aromatic rings. The highest BCUT2D eigenvalue weighted by Gasteiger charge is 2.12. The third kappa shape index (κ3) is 4.59. The van der Waals surface area contributed by atoms with Crippen LogP contribution in [0, 0.1) is 0 Å². The van der Waals surface area contributed by atoms with E-state index in [1.807, 2.05) is 30.3 Å². The minimum absolute atomic E-state index is 0.344. The molecule has 0 atom stereocenters. The van der Waals surface area contributed by atoms with Gasteiger partial charge in [-0.05, 0) is 54.6 Å². The average Bonchev–Trinajstić information content (AvgIpc) is 3.22. The van der Waals surface area contributed by atoms with Gasteiger partial charge in [-0.1, -0.05) is 18.2 Å². The molecule has 0 unspecified atom stereocenters. The number of ether oxygens (including phenoxy) is 2. The molecule has 7 nitrogen and oxygen atoms in total. The van der Waals surface area contributed by atoms with E-state index in [4.69, 9.17) is 9.47 Å². The number of hydrogen-bond acceptors (Lipinski definition) is 5. The number of imidazole rings is 1. The van der Waals surface area contributed by atoms with Crippen molar-refractivity contribution in [3.05, 3.63) is 84.7 Å². The summed E-state index contributed by atoms with van der Waals surface area (Å²) < 4.78 is 10.8. The summed E-state index contributed by atoms with van der Waals surface area (Å²) in [5.41, 5.74) is 2.39. The van der Waals surface area contributed by atoms with Crippen molar-refractivity contribution in [2.75, 3.05) is 11.9 Å². The van der Waals surface area contributed by atoms with E-state index in [1.54, 1.807) is 48.8 Å². The lowest BCUT2D eigenvalue weighted by atomic mass is 10.2. The minimum atomic E-state index is -0.580. The summed E-state index contributed by atoms with van der Waals surface area (Å²) in [6.07, 6.45) is 1.55. The van der Waals surface area contributed by atoms with E-state index in [-0.39, 0.29) is 6.61 Å². The van der Waals surface area contributed by atoms with Crippen molar-refractivity contribution < 1.29 is 19.1 Å². The van der Waals surface area contributed by atoms with Gasteiger partial charge in [0, 0.05) is 5.69 Å². The van der Waals surface area contributed by atoms with Gasteiger partial charge < -0.3 is 19.8 Å². The number of fused-ring (bicyclic) bond motifs is 1. The molecule has 0 radical (unpaired) electrons. The fourth-order valence-electron chi connectivity index (χ4n) is 2.70. The molecule has 0 spiro atoms. The number of anilines is 1.